The van der Waals surface area contributed by atoms with Gasteiger partial charge in [-0.05, 0) is 38.1 Å². The second kappa shape index (κ2) is 5.09. The minimum atomic E-state index is 0.0869. The van der Waals surface area contributed by atoms with E-state index in [9.17, 15) is 0 Å². The number of ether oxygens (including phenoxy) is 1. The lowest BCUT2D eigenvalue weighted by atomic mass is 10.1. The maximum Gasteiger partial charge on any atom is 0.214 e. The first-order valence-electron chi connectivity index (χ1n) is 6.90. The van der Waals surface area contributed by atoms with E-state index in [0.29, 0.717) is 5.88 Å². The second-order valence-electron chi connectivity index (χ2n) is 5.30. The van der Waals surface area contributed by atoms with Gasteiger partial charge in [-0.3, -0.25) is 4.68 Å². The van der Waals surface area contributed by atoms with Crippen molar-refractivity contribution >= 4 is 16.6 Å². The van der Waals surface area contributed by atoms with Crippen molar-refractivity contribution in [2.75, 3.05) is 5.73 Å². The molecular weight excluding hydrogens is 264 g/mol. The first-order chi connectivity index (χ1) is 10.0. The summed E-state index contributed by atoms with van der Waals surface area (Å²) >= 11 is 0. The van der Waals surface area contributed by atoms with E-state index in [-0.39, 0.29) is 6.10 Å². The van der Waals surface area contributed by atoms with Crippen molar-refractivity contribution in [1.82, 2.24) is 14.8 Å². The standard InChI is InChI=1S/C16H18N4O/c1-10(2)21-15-8-11(6-7-18-15)16-13-9-12(17)4-5-14(13)20(3)19-16/h4-10H,17H2,1-3H3. The van der Waals surface area contributed by atoms with Gasteiger partial charge in [0.1, 0.15) is 5.69 Å². The highest BCUT2D eigenvalue weighted by atomic mass is 16.5. The Morgan fingerprint density at radius 2 is 2.00 bits per heavy atom. The zero-order valence-electron chi connectivity index (χ0n) is 12.4. The molecule has 0 amide bonds. The average molecular weight is 282 g/mol. The Labute approximate surface area is 123 Å². The number of anilines is 1. The molecule has 5 heteroatoms. The number of benzene rings is 1. The number of nitrogens with two attached hydrogens (primary N) is 1. The van der Waals surface area contributed by atoms with Gasteiger partial charge in [0.15, 0.2) is 0 Å². The lowest BCUT2D eigenvalue weighted by Crippen LogP contribution is -2.06. The Morgan fingerprint density at radius 1 is 1.19 bits per heavy atom. The van der Waals surface area contributed by atoms with Crippen LogP contribution in [0.3, 0.4) is 0 Å². The molecule has 0 spiro atoms. The largest absolute Gasteiger partial charge is 0.475 e. The lowest BCUT2D eigenvalue weighted by molar-refractivity contribution is 0.233. The van der Waals surface area contributed by atoms with Crippen LogP contribution in [0.1, 0.15) is 13.8 Å². The lowest BCUT2D eigenvalue weighted by Gasteiger charge is -2.09. The molecule has 0 aliphatic rings. The number of aromatic nitrogens is 3. The molecule has 1 aromatic carbocycles. The van der Waals surface area contributed by atoms with Gasteiger partial charge in [-0.25, -0.2) is 4.98 Å². The van der Waals surface area contributed by atoms with Gasteiger partial charge in [-0.1, -0.05) is 0 Å². The molecule has 0 atom stereocenters. The topological polar surface area (TPSA) is 66.0 Å². The van der Waals surface area contributed by atoms with Crippen molar-refractivity contribution < 1.29 is 4.74 Å². The number of rotatable bonds is 3. The highest BCUT2D eigenvalue weighted by molar-refractivity contribution is 5.95. The van der Waals surface area contributed by atoms with Gasteiger partial charge in [0.05, 0.1) is 11.6 Å². The van der Waals surface area contributed by atoms with Crippen molar-refractivity contribution in [2.45, 2.75) is 20.0 Å². The molecular formula is C16H18N4O. The van der Waals surface area contributed by atoms with E-state index in [1.54, 1.807) is 6.20 Å². The van der Waals surface area contributed by atoms with Crippen molar-refractivity contribution in [3.63, 3.8) is 0 Å². The van der Waals surface area contributed by atoms with Gasteiger partial charge in [0, 0.05) is 35.9 Å². The van der Waals surface area contributed by atoms with Crippen molar-refractivity contribution in [3.05, 3.63) is 36.5 Å². The molecule has 3 aromatic rings. The average Bonchev–Trinajstić information content (AvgIpc) is 2.75. The summed E-state index contributed by atoms with van der Waals surface area (Å²) in [4.78, 5) is 4.23. The molecule has 0 fully saturated rings. The fourth-order valence-electron chi connectivity index (χ4n) is 2.36. The summed E-state index contributed by atoms with van der Waals surface area (Å²) in [5.74, 6) is 0.602. The number of pyridine rings is 1. The summed E-state index contributed by atoms with van der Waals surface area (Å²) < 4.78 is 7.50. The third-order valence-corrected chi connectivity index (χ3v) is 3.24. The van der Waals surface area contributed by atoms with Gasteiger partial charge >= 0.3 is 0 Å². The van der Waals surface area contributed by atoms with Crippen LogP contribution in [0.2, 0.25) is 0 Å². The Balaban J connectivity index is 2.14. The molecule has 0 saturated carbocycles. The van der Waals surface area contributed by atoms with Gasteiger partial charge in [0.25, 0.3) is 0 Å². The number of hydrogen-bond donors (Lipinski definition) is 1. The van der Waals surface area contributed by atoms with E-state index in [4.69, 9.17) is 10.5 Å². The van der Waals surface area contributed by atoms with Crippen LogP contribution >= 0.6 is 0 Å². The summed E-state index contributed by atoms with van der Waals surface area (Å²) in [5.41, 5.74) is 9.53. The quantitative estimate of drug-likeness (QED) is 0.750. The molecule has 2 aromatic heterocycles. The van der Waals surface area contributed by atoms with Gasteiger partial charge in [0.2, 0.25) is 5.88 Å². The predicted octanol–water partition coefficient (Wildman–Crippen LogP) is 3.00. The second-order valence-corrected chi connectivity index (χ2v) is 5.30. The third-order valence-electron chi connectivity index (χ3n) is 3.24. The molecule has 2 N–H and O–H groups in total. The third kappa shape index (κ3) is 2.54. The normalized spacial score (nSPS) is 11.2. The number of nitrogen functional groups attached to an aromatic ring is 1. The highest BCUT2D eigenvalue weighted by Gasteiger charge is 2.12. The van der Waals surface area contributed by atoms with Gasteiger partial charge in [-0.2, -0.15) is 5.10 Å². The van der Waals surface area contributed by atoms with Crippen LogP contribution in [0.25, 0.3) is 22.2 Å². The molecule has 2 heterocycles. The number of hydrogen-bond acceptors (Lipinski definition) is 4. The van der Waals surface area contributed by atoms with Crippen LogP contribution < -0.4 is 10.5 Å². The molecule has 0 radical (unpaired) electrons. The number of nitrogens with zero attached hydrogens (tertiary/aromatic N) is 3. The maximum absolute atomic E-state index is 5.90. The summed E-state index contributed by atoms with van der Waals surface area (Å²) in [6.07, 6.45) is 1.82. The smallest absolute Gasteiger partial charge is 0.214 e. The zero-order valence-corrected chi connectivity index (χ0v) is 12.4. The molecule has 21 heavy (non-hydrogen) atoms. The van der Waals surface area contributed by atoms with E-state index in [1.165, 1.54) is 0 Å². The molecule has 5 nitrogen and oxygen atoms in total. The predicted molar refractivity (Wildman–Crippen MR) is 84.1 cm³/mol. The number of aryl methyl sites for hydroxylation is 1. The minimum absolute atomic E-state index is 0.0869. The van der Waals surface area contributed by atoms with Crippen LogP contribution in [-0.2, 0) is 7.05 Å². The minimum Gasteiger partial charge on any atom is -0.475 e. The molecule has 3 rings (SSSR count). The molecule has 0 unspecified atom stereocenters. The first-order valence-corrected chi connectivity index (χ1v) is 6.90. The van der Waals surface area contributed by atoms with Gasteiger partial charge in [-0.15, -0.1) is 0 Å². The van der Waals surface area contributed by atoms with E-state index in [2.05, 4.69) is 10.1 Å². The van der Waals surface area contributed by atoms with E-state index >= 15 is 0 Å². The van der Waals surface area contributed by atoms with E-state index < -0.39 is 0 Å². The molecule has 0 aliphatic heterocycles. The Kier molecular flexibility index (Phi) is 3.25. The van der Waals surface area contributed by atoms with Gasteiger partial charge < -0.3 is 10.5 Å². The molecule has 0 bridgehead atoms. The first kappa shape index (κ1) is 13.4. The number of fused-ring (bicyclic) bond motifs is 1. The molecule has 0 saturated heterocycles. The van der Waals surface area contributed by atoms with Crippen LogP contribution in [0.4, 0.5) is 5.69 Å². The molecule has 108 valence electrons. The SMILES string of the molecule is CC(C)Oc1cc(-c2nn(C)c3ccc(N)cc23)ccn1. The van der Waals surface area contributed by atoms with Crippen LogP contribution in [-0.4, -0.2) is 20.9 Å². The fourth-order valence-corrected chi connectivity index (χ4v) is 2.36. The van der Waals surface area contributed by atoms with Crippen molar-refractivity contribution in [2.24, 2.45) is 7.05 Å². The van der Waals surface area contributed by atoms with Crippen LogP contribution in [0.5, 0.6) is 5.88 Å². The summed E-state index contributed by atoms with van der Waals surface area (Å²) in [6, 6.07) is 9.64. The maximum atomic E-state index is 5.90. The van der Waals surface area contributed by atoms with Crippen molar-refractivity contribution in [3.8, 4) is 17.1 Å². The summed E-state index contributed by atoms with van der Waals surface area (Å²) in [5, 5.41) is 5.63. The Hall–Kier alpha value is -2.56. The fraction of sp³-hybridized carbons (Fsp3) is 0.250. The summed E-state index contributed by atoms with van der Waals surface area (Å²) in [6.45, 7) is 3.95. The highest BCUT2D eigenvalue weighted by Crippen LogP contribution is 2.30. The van der Waals surface area contributed by atoms with E-state index in [1.807, 2.05) is 55.9 Å². The molecule has 0 aliphatic carbocycles. The zero-order chi connectivity index (χ0) is 15.0. The van der Waals surface area contributed by atoms with E-state index in [0.717, 1.165) is 27.8 Å². The Morgan fingerprint density at radius 3 is 2.76 bits per heavy atom. The van der Waals surface area contributed by atoms with Crippen LogP contribution in [0.15, 0.2) is 36.5 Å². The Bertz CT molecular complexity index is 792. The monoisotopic (exact) mass is 282 g/mol. The van der Waals surface area contributed by atoms with Crippen LogP contribution in [0, 0.1) is 0 Å². The summed E-state index contributed by atoms with van der Waals surface area (Å²) in [7, 11) is 1.93. The van der Waals surface area contributed by atoms with Crippen molar-refractivity contribution in [1.29, 1.82) is 0 Å².